The molecule has 0 spiro atoms. The molecule has 0 aromatic heterocycles. The van der Waals surface area contributed by atoms with Crippen molar-refractivity contribution in [2.24, 2.45) is 5.92 Å². The Bertz CT molecular complexity index is 489. The Labute approximate surface area is 153 Å². The molecule has 2 saturated heterocycles. The van der Waals surface area contributed by atoms with Gasteiger partial charge in [0.25, 0.3) is 0 Å². The van der Waals surface area contributed by atoms with Crippen LogP contribution in [0.25, 0.3) is 0 Å². The van der Waals surface area contributed by atoms with E-state index in [4.69, 9.17) is 9.47 Å². The maximum Gasteiger partial charge on any atom is 0.409 e. The topological polar surface area (TPSA) is 96.5 Å². The van der Waals surface area contributed by atoms with E-state index < -0.39 is 17.9 Å². The Balaban J connectivity index is 1.79. The molecule has 0 N–H and O–H groups in total. The predicted octanol–water partition coefficient (Wildman–Crippen LogP) is 0.0888. The zero-order valence-corrected chi connectivity index (χ0v) is 15.4. The van der Waals surface area contributed by atoms with Crippen LogP contribution in [0, 0.1) is 5.92 Å². The molecule has 0 bridgehead atoms. The maximum atomic E-state index is 12.4. The summed E-state index contributed by atoms with van der Waals surface area (Å²) in [5, 5.41) is 0. The van der Waals surface area contributed by atoms with Crippen LogP contribution in [0.3, 0.4) is 0 Å². The molecular formula is C17H27N3O6. The molecule has 0 aromatic rings. The highest BCUT2D eigenvalue weighted by atomic mass is 16.6. The second-order valence-corrected chi connectivity index (χ2v) is 6.30. The second-order valence-electron chi connectivity index (χ2n) is 6.30. The van der Waals surface area contributed by atoms with Crippen LogP contribution >= 0.6 is 0 Å². The third-order valence-electron chi connectivity index (χ3n) is 4.68. The second kappa shape index (κ2) is 9.40. The summed E-state index contributed by atoms with van der Waals surface area (Å²) in [7, 11) is 0. The first-order valence-corrected chi connectivity index (χ1v) is 9.14. The largest absolute Gasteiger partial charge is 0.466 e. The van der Waals surface area contributed by atoms with Crippen LogP contribution < -0.4 is 0 Å². The van der Waals surface area contributed by atoms with E-state index in [2.05, 4.69) is 0 Å². The summed E-state index contributed by atoms with van der Waals surface area (Å²) in [4.78, 5) is 52.8. The van der Waals surface area contributed by atoms with Crippen molar-refractivity contribution in [2.45, 2.75) is 26.7 Å². The van der Waals surface area contributed by atoms with Crippen molar-refractivity contribution in [2.75, 3.05) is 52.5 Å². The van der Waals surface area contributed by atoms with Crippen molar-refractivity contribution in [3.8, 4) is 0 Å². The van der Waals surface area contributed by atoms with Gasteiger partial charge >= 0.3 is 23.9 Å². The molecule has 2 aliphatic heterocycles. The summed E-state index contributed by atoms with van der Waals surface area (Å²) in [5.74, 6) is -1.54. The van der Waals surface area contributed by atoms with E-state index in [0.29, 0.717) is 65.3 Å². The van der Waals surface area contributed by atoms with Crippen LogP contribution in [0.2, 0.25) is 0 Å². The summed E-state index contributed by atoms with van der Waals surface area (Å²) in [5.41, 5.74) is 0. The highest BCUT2D eigenvalue weighted by Crippen LogP contribution is 2.19. The minimum atomic E-state index is -0.553. The van der Waals surface area contributed by atoms with Crippen molar-refractivity contribution in [1.29, 1.82) is 0 Å². The van der Waals surface area contributed by atoms with E-state index in [-0.39, 0.29) is 11.9 Å². The standard InChI is InChI=1S/C17H27N3O6/c1-3-25-16(23)13-5-7-18(8-6-13)14(21)15(22)19-9-11-20(12-10-19)17(24)26-4-2/h13H,3-12H2,1-2H3. The fourth-order valence-corrected chi connectivity index (χ4v) is 3.16. The monoisotopic (exact) mass is 369 g/mol. The van der Waals surface area contributed by atoms with Gasteiger partial charge in [-0.05, 0) is 26.7 Å². The van der Waals surface area contributed by atoms with Crippen LogP contribution in [0.15, 0.2) is 0 Å². The smallest absolute Gasteiger partial charge is 0.409 e. The van der Waals surface area contributed by atoms with Gasteiger partial charge in [-0.25, -0.2) is 4.79 Å². The van der Waals surface area contributed by atoms with Crippen molar-refractivity contribution >= 4 is 23.9 Å². The zero-order chi connectivity index (χ0) is 19.1. The molecular weight excluding hydrogens is 342 g/mol. The Hall–Kier alpha value is -2.32. The highest BCUT2D eigenvalue weighted by molar-refractivity contribution is 6.34. The minimum absolute atomic E-state index is 0.206. The number of ether oxygens (including phenoxy) is 2. The van der Waals surface area contributed by atoms with E-state index >= 15 is 0 Å². The quantitative estimate of drug-likeness (QED) is 0.517. The number of piperazine rings is 1. The first-order valence-electron chi connectivity index (χ1n) is 9.14. The Kier molecular flexibility index (Phi) is 7.23. The fraction of sp³-hybridized carbons (Fsp3) is 0.765. The van der Waals surface area contributed by atoms with Crippen molar-refractivity contribution in [3.05, 3.63) is 0 Å². The summed E-state index contributed by atoms with van der Waals surface area (Å²) < 4.78 is 9.94. The number of hydrogen-bond acceptors (Lipinski definition) is 6. The molecule has 9 nitrogen and oxygen atoms in total. The van der Waals surface area contributed by atoms with Gasteiger partial charge in [-0.2, -0.15) is 0 Å². The molecule has 0 saturated carbocycles. The third-order valence-corrected chi connectivity index (χ3v) is 4.68. The first kappa shape index (κ1) is 20.0. The van der Waals surface area contributed by atoms with E-state index in [0.717, 1.165) is 0 Å². The van der Waals surface area contributed by atoms with Gasteiger partial charge in [0.2, 0.25) is 0 Å². The SMILES string of the molecule is CCOC(=O)C1CCN(C(=O)C(=O)N2CCN(C(=O)OCC)CC2)CC1. The summed E-state index contributed by atoms with van der Waals surface area (Å²) in [6.45, 7) is 6.20. The molecule has 0 atom stereocenters. The van der Waals surface area contributed by atoms with Gasteiger partial charge in [0.05, 0.1) is 19.1 Å². The molecule has 2 heterocycles. The summed E-state index contributed by atoms with van der Waals surface area (Å²) in [6, 6.07) is 0. The Morgan fingerprint density at radius 1 is 0.731 bits per heavy atom. The number of nitrogens with zero attached hydrogens (tertiary/aromatic N) is 3. The van der Waals surface area contributed by atoms with Crippen LogP contribution in [0.5, 0.6) is 0 Å². The number of carbonyl (C=O) groups is 4. The molecule has 2 fully saturated rings. The molecule has 0 aromatic carbocycles. The summed E-state index contributed by atoms with van der Waals surface area (Å²) >= 11 is 0. The van der Waals surface area contributed by atoms with Gasteiger partial charge in [-0.15, -0.1) is 0 Å². The molecule has 0 radical (unpaired) electrons. The molecule has 2 rings (SSSR count). The molecule has 2 aliphatic rings. The van der Waals surface area contributed by atoms with Crippen molar-refractivity contribution in [3.63, 3.8) is 0 Å². The van der Waals surface area contributed by atoms with Crippen molar-refractivity contribution in [1.82, 2.24) is 14.7 Å². The third kappa shape index (κ3) is 4.86. The number of carbonyl (C=O) groups excluding carboxylic acids is 4. The summed E-state index contributed by atoms with van der Waals surface area (Å²) in [6.07, 6.45) is 0.621. The van der Waals surface area contributed by atoms with Crippen LogP contribution in [0.4, 0.5) is 4.79 Å². The lowest BCUT2D eigenvalue weighted by atomic mass is 9.97. The van der Waals surface area contributed by atoms with Crippen LogP contribution in [0.1, 0.15) is 26.7 Å². The number of rotatable bonds is 3. The van der Waals surface area contributed by atoms with Crippen molar-refractivity contribution < 1.29 is 28.7 Å². The lowest BCUT2D eigenvalue weighted by Gasteiger charge is -2.36. The molecule has 0 unspecified atom stereocenters. The van der Waals surface area contributed by atoms with E-state index in [9.17, 15) is 19.2 Å². The highest BCUT2D eigenvalue weighted by Gasteiger charge is 2.34. The van der Waals surface area contributed by atoms with E-state index in [1.54, 1.807) is 13.8 Å². The van der Waals surface area contributed by atoms with E-state index in [1.165, 1.54) is 14.7 Å². The van der Waals surface area contributed by atoms with Gasteiger partial charge in [0, 0.05) is 39.3 Å². The van der Waals surface area contributed by atoms with Gasteiger partial charge in [0.1, 0.15) is 0 Å². The first-order chi connectivity index (χ1) is 12.5. The minimum Gasteiger partial charge on any atom is -0.466 e. The molecule has 9 heteroatoms. The normalized spacial score (nSPS) is 18.5. The maximum absolute atomic E-state index is 12.4. The van der Waals surface area contributed by atoms with Crippen LogP contribution in [-0.2, 0) is 23.9 Å². The zero-order valence-electron chi connectivity index (χ0n) is 15.4. The molecule has 0 aliphatic carbocycles. The predicted molar refractivity (Wildman–Crippen MR) is 91.1 cm³/mol. The van der Waals surface area contributed by atoms with E-state index in [1.807, 2.05) is 0 Å². The number of likely N-dealkylation sites (tertiary alicyclic amines) is 1. The Morgan fingerprint density at radius 3 is 1.69 bits per heavy atom. The average Bonchev–Trinajstić information content (AvgIpc) is 2.67. The number of hydrogen-bond donors (Lipinski definition) is 0. The van der Waals surface area contributed by atoms with Crippen LogP contribution in [-0.4, -0.2) is 91.1 Å². The lowest BCUT2D eigenvalue weighted by Crippen LogP contribution is -2.55. The number of amides is 3. The van der Waals surface area contributed by atoms with Gasteiger partial charge in [-0.1, -0.05) is 0 Å². The van der Waals surface area contributed by atoms with Gasteiger partial charge in [-0.3, -0.25) is 14.4 Å². The average molecular weight is 369 g/mol. The Morgan fingerprint density at radius 2 is 1.19 bits per heavy atom. The lowest BCUT2D eigenvalue weighted by molar-refractivity contribution is -0.156. The van der Waals surface area contributed by atoms with Gasteiger partial charge < -0.3 is 24.2 Å². The van der Waals surface area contributed by atoms with Gasteiger partial charge in [0.15, 0.2) is 0 Å². The number of esters is 1. The molecule has 146 valence electrons. The number of piperidine rings is 1. The molecule has 26 heavy (non-hydrogen) atoms. The molecule has 3 amide bonds. The fourth-order valence-electron chi connectivity index (χ4n) is 3.16.